The highest BCUT2D eigenvalue weighted by molar-refractivity contribution is 5.79. The first kappa shape index (κ1) is 25.7. The summed E-state index contributed by atoms with van der Waals surface area (Å²) in [5, 5.41) is 6.69. The van der Waals surface area contributed by atoms with Crippen LogP contribution in [0.2, 0.25) is 0 Å². The molecule has 0 saturated carbocycles. The number of nitrogens with one attached hydrogen (secondary N) is 2. The third kappa shape index (κ3) is 17.8. The third-order valence-electron chi connectivity index (χ3n) is 4.13. The molecule has 0 rings (SSSR count). The van der Waals surface area contributed by atoms with Crippen molar-refractivity contribution in [3.05, 3.63) is 0 Å². The van der Waals surface area contributed by atoms with E-state index in [4.69, 9.17) is 9.47 Å². The molecule has 0 saturated heterocycles. The molecule has 0 spiro atoms. The Morgan fingerprint density at radius 3 is 2.44 bits per heavy atom. The van der Waals surface area contributed by atoms with Gasteiger partial charge in [0.15, 0.2) is 5.96 Å². The molecule has 7 nitrogen and oxygen atoms in total. The van der Waals surface area contributed by atoms with E-state index in [1.807, 2.05) is 6.92 Å². The minimum Gasteiger partial charge on any atom is -0.466 e. The molecule has 0 aliphatic carbocycles. The number of hydrogen-bond donors (Lipinski definition) is 2. The summed E-state index contributed by atoms with van der Waals surface area (Å²) in [6, 6.07) is 0. The number of nitrogens with zero attached hydrogens (tertiary/aromatic N) is 2. The topological polar surface area (TPSA) is 75.2 Å². The zero-order valence-electron chi connectivity index (χ0n) is 18.0. The van der Waals surface area contributed by atoms with E-state index in [0.29, 0.717) is 13.0 Å². The van der Waals surface area contributed by atoms with Crippen LogP contribution in [-0.2, 0) is 14.3 Å². The van der Waals surface area contributed by atoms with Gasteiger partial charge in [0.1, 0.15) is 0 Å². The number of likely N-dealkylation sites (N-methyl/N-ethyl adjacent to an activating group) is 1. The Labute approximate surface area is 166 Å². The number of rotatable bonds is 17. The molecule has 160 valence electrons. The van der Waals surface area contributed by atoms with E-state index in [1.165, 1.54) is 0 Å². The van der Waals surface area contributed by atoms with Gasteiger partial charge in [-0.2, -0.15) is 0 Å². The van der Waals surface area contributed by atoms with Crippen LogP contribution in [0.25, 0.3) is 0 Å². The molecule has 2 N–H and O–H groups in total. The molecule has 0 radical (unpaired) electrons. The largest absolute Gasteiger partial charge is 0.466 e. The molecule has 0 aromatic carbocycles. The van der Waals surface area contributed by atoms with Crippen LogP contribution in [-0.4, -0.2) is 76.9 Å². The number of guanidine groups is 1. The fourth-order valence-corrected chi connectivity index (χ4v) is 2.63. The minimum atomic E-state index is -0.0761. The second-order valence-electron chi connectivity index (χ2n) is 6.66. The SMILES string of the molecule is CCNC(=NCCCCCCCC(=O)OCC)NCCN(C)CCCOC. The van der Waals surface area contributed by atoms with Crippen LogP contribution in [0, 0.1) is 0 Å². The van der Waals surface area contributed by atoms with Crippen molar-refractivity contribution < 1.29 is 14.3 Å². The van der Waals surface area contributed by atoms with E-state index >= 15 is 0 Å². The van der Waals surface area contributed by atoms with Crippen LogP contribution in [0.15, 0.2) is 4.99 Å². The molecule has 27 heavy (non-hydrogen) atoms. The van der Waals surface area contributed by atoms with Crippen molar-refractivity contribution in [2.24, 2.45) is 4.99 Å². The summed E-state index contributed by atoms with van der Waals surface area (Å²) < 4.78 is 10.0. The number of unbranched alkanes of at least 4 members (excludes halogenated alkanes) is 4. The van der Waals surface area contributed by atoms with Crippen molar-refractivity contribution in [3.63, 3.8) is 0 Å². The highest BCUT2D eigenvalue weighted by Crippen LogP contribution is 2.06. The molecule has 0 heterocycles. The third-order valence-corrected chi connectivity index (χ3v) is 4.13. The summed E-state index contributed by atoms with van der Waals surface area (Å²) in [5.41, 5.74) is 0. The van der Waals surface area contributed by atoms with Crippen LogP contribution >= 0.6 is 0 Å². The molecule has 0 aliphatic rings. The van der Waals surface area contributed by atoms with E-state index in [-0.39, 0.29) is 5.97 Å². The molecule has 0 aromatic rings. The van der Waals surface area contributed by atoms with Crippen molar-refractivity contribution in [3.8, 4) is 0 Å². The second-order valence-corrected chi connectivity index (χ2v) is 6.66. The predicted octanol–water partition coefficient (Wildman–Crippen LogP) is 2.41. The molecule has 0 amide bonds. The number of aliphatic imine (C=N–C) groups is 1. The van der Waals surface area contributed by atoms with Crippen molar-refractivity contribution in [2.75, 3.05) is 60.1 Å². The van der Waals surface area contributed by atoms with E-state index in [9.17, 15) is 4.79 Å². The maximum atomic E-state index is 11.2. The Kier molecular flexibility index (Phi) is 18.5. The highest BCUT2D eigenvalue weighted by Gasteiger charge is 2.02. The van der Waals surface area contributed by atoms with Gasteiger partial charge in [0, 0.05) is 52.9 Å². The number of carbonyl (C=O) groups is 1. The summed E-state index contributed by atoms with van der Waals surface area (Å²) in [5.74, 6) is 0.818. The van der Waals surface area contributed by atoms with Crippen LogP contribution in [0.1, 0.15) is 58.8 Å². The molecule has 0 fully saturated rings. The van der Waals surface area contributed by atoms with Gasteiger partial charge in [0.05, 0.1) is 6.61 Å². The number of carbonyl (C=O) groups excluding carboxylic acids is 1. The van der Waals surface area contributed by atoms with Crippen LogP contribution in [0.3, 0.4) is 0 Å². The van der Waals surface area contributed by atoms with Crippen molar-refractivity contribution in [1.29, 1.82) is 0 Å². The lowest BCUT2D eigenvalue weighted by Crippen LogP contribution is -2.41. The maximum absolute atomic E-state index is 11.2. The van der Waals surface area contributed by atoms with Crippen LogP contribution < -0.4 is 10.6 Å². The van der Waals surface area contributed by atoms with Gasteiger partial charge in [-0.25, -0.2) is 0 Å². The molecule has 0 aromatic heterocycles. The predicted molar refractivity (Wildman–Crippen MR) is 112 cm³/mol. The van der Waals surface area contributed by atoms with Crippen LogP contribution in [0.5, 0.6) is 0 Å². The molecule has 0 unspecified atom stereocenters. The fraction of sp³-hybridized carbons (Fsp3) is 0.900. The number of methoxy groups -OCH3 is 1. The zero-order valence-corrected chi connectivity index (χ0v) is 18.0. The Balaban J connectivity index is 3.76. The van der Waals surface area contributed by atoms with E-state index in [1.54, 1.807) is 7.11 Å². The van der Waals surface area contributed by atoms with Gasteiger partial charge < -0.3 is 25.0 Å². The van der Waals surface area contributed by atoms with Gasteiger partial charge in [-0.15, -0.1) is 0 Å². The Bertz CT molecular complexity index is 378. The summed E-state index contributed by atoms with van der Waals surface area (Å²) in [6.45, 7) is 9.80. The smallest absolute Gasteiger partial charge is 0.305 e. The Morgan fingerprint density at radius 1 is 1.00 bits per heavy atom. The van der Waals surface area contributed by atoms with Gasteiger partial charge in [-0.3, -0.25) is 9.79 Å². The van der Waals surface area contributed by atoms with Gasteiger partial charge in [-0.05, 0) is 40.2 Å². The minimum absolute atomic E-state index is 0.0761. The van der Waals surface area contributed by atoms with Crippen molar-refractivity contribution in [2.45, 2.75) is 58.8 Å². The average molecular weight is 387 g/mol. The summed E-state index contributed by atoms with van der Waals surface area (Å²) in [7, 11) is 3.87. The van der Waals surface area contributed by atoms with Crippen LogP contribution in [0.4, 0.5) is 0 Å². The molecule has 7 heteroatoms. The molecule has 0 atom stereocenters. The Hall–Kier alpha value is -1.34. The summed E-state index contributed by atoms with van der Waals surface area (Å²) in [6.07, 6.45) is 6.97. The average Bonchev–Trinajstić information content (AvgIpc) is 2.64. The number of esters is 1. The molecule has 0 aliphatic heterocycles. The van der Waals surface area contributed by atoms with Gasteiger partial charge >= 0.3 is 5.97 Å². The summed E-state index contributed by atoms with van der Waals surface area (Å²) >= 11 is 0. The lowest BCUT2D eigenvalue weighted by molar-refractivity contribution is -0.143. The lowest BCUT2D eigenvalue weighted by Gasteiger charge is -2.18. The number of ether oxygens (including phenoxy) is 2. The maximum Gasteiger partial charge on any atom is 0.305 e. The number of hydrogen-bond acceptors (Lipinski definition) is 5. The second kappa shape index (κ2) is 19.4. The molecule has 0 bridgehead atoms. The van der Waals surface area contributed by atoms with Crippen molar-refractivity contribution in [1.82, 2.24) is 15.5 Å². The zero-order chi connectivity index (χ0) is 20.2. The molecular weight excluding hydrogens is 344 g/mol. The highest BCUT2D eigenvalue weighted by atomic mass is 16.5. The quantitative estimate of drug-likeness (QED) is 0.173. The van der Waals surface area contributed by atoms with Gasteiger partial charge in [0.2, 0.25) is 0 Å². The summed E-state index contributed by atoms with van der Waals surface area (Å²) in [4.78, 5) is 18.2. The first-order chi connectivity index (χ1) is 13.1. The van der Waals surface area contributed by atoms with E-state index in [0.717, 1.165) is 83.8 Å². The normalized spacial score (nSPS) is 11.7. The first-order valence-electron chi connectivity index (χ1n) is 10.5. The lowest BCUT2D eigenvalue weighted by atomic mass is 10.1. The van der Waals surface area contributed by atoms with Crippen molar-refractivity contribution >= 4 is 11.9 Å². The standard InChI is InChI=1S/C20H42N4O3/c1-5-21-20(23-15-17-24(3)16-12-18-26-4)22-14-11-9-7-8-10-13-19(25)27-6-2/h5-18H2,1-4H3,(H2,21,22,23). The van der Waals surface area contributed by atoms with E-state index < -0.39 is 0 Å². The van der Waals surface area contributed by atoms with Gasteiger partial charge in [0.25, 0.3) is 0 Å². The molecular formula is C20H42N4O3. The fourth-order valence-electron chi connectivity index (χ4n) is 2.63. The monoisotopic (exact) mass is 386 g/mol. The first-order valence-corrected chi connectivity index (χ1v) is 10.5. The Morgan fingerprint density at radius 2 is 1.74 bits per heavy atom. The van der Waals surface area contributed by atoms with E-state index in [2.05, 4.69) is 34.5 Å². The van der Waals surface area contributed by atoms with Gasteiger partial charge in [-0.1, -0.05) is 19.3 Å².